The molecule has 0 spiro atoms. The summed E-state index contributed by atoms with van der Waals surface area (Å²) in [6, 6.07) is 5.73. The van der Waals surface area contributed by atoms with Crippen molar-refractivity contribution in [3.63, 3.8) is 0 Å². The molecule has 3 rings (SSSR count). The van der Waals surface area contributed by atoms with E-state index in [4.69, 9.17) is 0 Å². The molecular formula is C19H21N5O. The molecule has 0 radical (unpaired) electrons. The molecule has 0 atom stereocenters. The molecule has 3 aromatic rings. The van der Waals surface area contributed by atoms with E-state index in [1.807, 2.05) is 45.9 Å². The van der Waals surface area contributed by atoms with Crippen LogP contribution in [0.4, 0.5) is 5.82 Å². The summed E-state index contributed by atoms with van der Waals surface area (Å²) in [6.07, 6.45) is 3.44. The molecule has 0 aliphatic rings. The highest BCUT2D eigenvalue weighted by Gasteiger charge is 2.11. The normalized spacial score (nSPS) is 10.7. The van der Waals surface area contributed by atoms with Crippen LogP contribution in [0.2, 0.25) is 0 Å². The number of aromatic amines is 1. The van der Waals surface area contributed by atoms with E-state index in [2.05, 4.69) is 25.3 Å². The molecule has 6 nitrogen and oxygen atoms in total. The molecule has 0 fully saturated rings. The molecule has 0 aliphatic carbocycles. The zero-order valence-corrected chi connectivity index (χ0v) is 14.8. The number of hydrogen-bond acceptors (Lipinski definition) is 5. The highest BCUT2D eigenvalue weighted by Crippen LogP contribution is 2.21. The summed E-state index contributed by atoms with van der Waals surface area (Å²) in [5.74, 6) is 1.38. The molecule has 0 amide bonds. The average molecular weight is 335 g/mol. The van der Waals surface area contributed by atoms with Crippen LogP contribution >= 0.6 is 0 Å². The van der Waals surface area contributed by atoms with Crippen molar-refractivity contribution in [1.82, 2.24) is 19.9 Å². The van der Waals surface area contributed by atoms with Gasteiger partial charge in [0.05, 0.1) is 0 Å². The van der Waals surface area contributed by atoms with Gasteiger partial charge in [0, 0.05) is 47.0 Å². The maximum absolute atomic E-state index is 12.2. The van der Waals surface area contributed by atoms with Crippen molar-refractivity contribution in [2.45, 2.75) is 34.2 Å². The highest BCUT2D eigenvalue weighted by molar-refractivity contribution is 5.59. The third-order valence-electron chi connectivity index (χ3n) is 4.25. The number of nitrogens with zero attached hydrogens (tertiary/aromatic N) is 3. The van der Waals surface area contributed by atoms with Crippen LogP contribution < -0.4 is 10.9 Å². The topological polar surface area (TPSA) is 83.6 Å². The van der Waals surface area contributed by atoms with Crippen molar-refractivity contribution in [2.24, 2.45) is 0 Å². The Bertz CT molecular complexity index is 964. The summed E-state index contributed by atoms with van der Waals surface area (Å²) in [4.78, 5) is 28.2. The molecule has 6 heteroatoms. The SMILES string of the molecule is Cc1cc(C)c(CNc2nc(-c3ccncc3)nc(C)c2C)c(=O)[nH]1. The van der Waals surface area contributed by atoms with Gasteiger partial charge in [-0.05, 0) is 51.5 Å². The van der Waals surface area contributed by atoms with Gasteiger partial charge in [-0.15, -0.1) is 0 Å². The number of hydrogen-bond donors (Lipinski definition) is 2. The molecule has 0 aromatic carbocycles. The minimum atomic E-state index is -0.0669. The lowest BCUT2D eigenvalue weighted by Crippen LogP contribution is -2.19. The molecule has 128 valence electrons. The van der Waals surface area contributed by atoms with Gasteiger partial charge in [0.1, 0.15) is 5.82 Å². The Hall–Kier alpha value is -3.02. The van der Waals surface area contributed by atoms with Crippen LogP contribution in [-0.2, 0) is 6.54 Å². The molecule has 25 heavy (non-hydrogen) atoms. The smallest absolute Gasteiger partial charge is 0.253 e. The van der Waals surface area contributed by atoms with Crippen LogP contribution in [0, 0.1) is 27.7 Å². The fourth-order valence-corrected chi connectivity index (χ4v) is 2.70. The predicted octanol–water partition coefficient (Wildman–Crippen LogP) is 3.07. The molecule has 0 saturated carbocycles. The third kappa shape index (κ3) is 3.57. The van der Waals surface area contributed by atoms with E-state index >= 15 is 0 Å². The number of anilines is 1. The molecule has 3 aromatic heterocycles. The fraction of sp³-hybridized carbons (Fsp3) is 0.263. The van der Waals surface area contributed by atoms with Crippen molar-refractivity contribution in [2.75, 3.05) is 5.32 Å². The second-order valence-corrected chi connectivity index (χ2v) is 6.14. The first-order chi connectivity index (χ1) is 12.0. The second kappa shape index (κ2) is 6.84. The van der Waals surface area contributed by atoms with E-state index in [-0.39, 0.29) is 5.56 Å². The van der Waals surface area contributed by atoms with Gasteiger partial charge >= 0.3 is 0 Å². The molecule has 0 unspecified atom stereocenters. The largest absolute Gasteiger partial charge is 0.365 e. The standard InChI is InChI=1S/C19H21N5O/c1-11-9-12(2)22-19(25)16(11)10-21-17-13(3)14(4)23-18(24-17)15-5-7-20-8-6-15/h5-9H,10H2,1-4H3,(H,22,25)(H,21,23,24). The van der Waals surface area contributed by atoms with Gasteiger partial charge in [-0.2, -0.15) is 0 Å². The first-order valence-electron chi connectivity index (χ1n) is 8.14. The van der Waals surface area contributed by atoms with Crippen LogP contribution in [0.1, 0.15) is 28.1 Å². The number of pyridine rings is 2. The minimum absolute atomic E-state index is 0.0669. The van der Waals surface area contributed by atoms with Gasteiger partial charge in [-0.3, -0.25) is 9.78 Å². The predicted molar refractivity (Wildman–Crippen MR) is 98.6 cm³/mol. The molecule has 0 bridgehead atoms. The van der Waals surface area contributed by atoms with Gasteiger partial charge in [0.25, 0.3) is 5.56 Å². The van der Waals surface area contributed by atoms with Crippen molar-refractivity contribution in [3.8, 4) is 11.4 Å². The van der Waals surface area contributed by atoms with Crippen LogP contribution in [0.3, 0.4) is 0 Å². The van der Waals surface area contributed by atoms with Gasteiger partial charge in [0.2, 0.25) is 0 Å². The van der Waals surface area contributed by atoms with Crippen molar-refractivity contribution < 1.29 is 0 Å². The highest BCUT2D eigenvalue weighted by atomic mass is 16.1. The lowest BCUT2D eigenvalue weighted by atomic mass is 10.1. The number of rotatable bonds is 4. The minimum Gasteiger partial charge on any atom is -0.365 e. The molecule has 2 N–H and O–H groups in total. The Labute approximate surface area is 146 Å². The summed E-state index contributed by atoms with van der Waals surface area (Å²) in [6.45, 7) is 8.16. The monoisotopic (exact) mass is 335 g/mol. The first-order valence-corrected chi connectivity index (χ1v) is 8.14. The number of aromatic nitrogens is 4. The Balaban J connectivity index is 1.93. The van der Waals surface area contributed by atoms with Gasteiger partial charge in [-0.1, -0.05) is 0 Å². The second-order valence-electron chi connectivity index (χ2n) is 6.14. The van der Waals surface area contributed by atoms with Gasteiger partial charge in [0.15, 0.2) is 5.82 Å². The van der Waals surface area contributed by atoms with E-state index in [0.29, 0.717) is 17.9 Å². The first kappa shape index (κ1) is 16.8. The number of H-pyrrole nitrogens is 1. The van der Waals surface area contributed by atoms with E-state index in [0.717, 1.165) is 33.9 Å². The molecule has 0 aliphatic heterocycles. The lowest BCUT2D eigenvalue weighted by Gasteiger charge is -2.13. The van der Waals surface area contributed by atoms with E-state index in [9.17, 15) is 4.79 Å². The quantitative estimate of drug-likeness (QED) is 0.765. The van der Waals surface area contributed by atoms with Crippen LogP contribution in [0.25, 0.3) is 11.4 Å². The maximum Gasteiger partial charge on any atom is 0.253 e. The zero-order chi connectivity index (χ0) is 18.0. The van der Waals surface area contributed by atoms with Gasteiger partial charge in [-0.25, -0.2) is 9.97 Å². The molecule has 3 heterocycles. The molecular weight excluding hydrogens is 314 g/mol. The Morgan fingerprint density at radius 1 is 1.08 bits per heavy atom. The lowest BCUT2D eigenvalue weighted by molar-refractivity contribution is 0.986. The van der Waals surface area contributed by atoms with E-state index < -0.39 is 0 Å². The number of nitrogens with one attached hydrogen (secondary N) is 2. The van der Waals surface area contributed by atoms with Crippen LogP contribution in [0.15, 0.2) is 35.4 Å². The zero-order valence-electron chi connectivity index (χ0n) is 14.8. The summed E-state index contributed by atoms with van der Waals surface area (Å²) < 4.78 is 0. The van der Waals surface area contributed by atoms with Crippen molar-refractivity contribution >= 4 is 5.82 Å². The summed E-state index contributed by atoms with van der Waals surface area (Å²) >= 11 is 0. The Kier molecular flexibility index (Phi) is 4.61. The molecule has 0 saturated heterocycles. The van der Waals surface area contributed by atoms with Crippen molar-refractivity contribution in [3.05, 3.63) is 69.0 Å². The number of aryl methyl sites for hydroxylation is 3. The van der Waals surface area contributed by atoms with Crippen molar-refractivity contribution in [1.29, 1.82) is 0 Å². The van der Waals surface area contributed by atoms with Crippen LogP contribution in [0.5, 0.6) is 0 Å². The Morgan fingerprint density at radius 2 is 1.80 bits per heavy atom. The Morgan fingerprint density at radius 3 is 2.48 bits per heavy atom. The summed E-state index contributed by atoms with van der Waals surface area (Å²) in [5, 5.41) is 3.29. The average Bonchev–Trinajstić information content (AvgIpc) is 2.58. The third-order valence-corrected chi connectivity index (χ3v) is 4.25. The van der Waals surface area contributed by atoms with E-state index in [1.165, 1.54) is 0 Å². The summed E-state index contributed by atoms with van der Waals surface area (Å²) in [7, 11) is 0. The summed E-state index contributed by atoms with van der Waals surface area (Å²) in [5.41, 5.74) is 5.25. The van der Waals surface area contributed by atoms with E-state index in [1.54, 1.807) is 12.4 Å². The van der Waals surface area contributed by atoms with Gasteiger partial charge < -0.3 is 10.3 Å². The van der Waals surface area contributed by atoms with Crippen LogP contribution in [-0.4, -0.2) is 19.9 Å². The maximum atomic E-state index is 12.2. The fourth-order valence-electron chi connectivity index (χ4n) is 2.70.